The Hall–Kier alpha value is -1.28. The third-order valence-corrected chi connectivity index (χ3v) is 5.51. The average molecular weight is 433 g/mol. The SMILES string of the molecule is COC(=O)c1[nH]c2ncnc(Sc3cc(Cl)ccc3Cl)c2c1Br. The van der Waals surface area contributed by atoms with Crippen LogP contribution < -0.4 is 0 Å². The fourth-order valence-electron chi connectivity index (χ4n) is 1.94. The average Bonchev–Trinajstić information content (AvgIpc) is 2.88. The lowest BCUT2D eigenvalue weighted by Gasteiger charge is -2.05. The molecule has 1 N–H and O–H groups in total. The Balaban J connectivity index is 2.13. The van der Waals surface area contributed by atoms with Gasteiger partial charge in [-0.1, -0.05) is 35.0 Å². The van der Waals surface area contributed by atoms with Crippen molar-refractivity contribution in [2.24, 2.45) is 0 Å². The number of hydrogen-bond donors (Lipinski definition) is 1. The Morgan fingerprint density at radius 1 is 1.35 bits per heavy atom. The lowest BCUT2D eigenvalue weighted by Crippen LogP contribution is -2.01. The van der Waals surface area contributed by atoms with Crippen LogP contribution in [0.2, 0.25) is 10.0 Å². The number of nitrogens with zero attached hydrogens (tertiary/aromatic N) is 2. The van der Waals surface area contributed by atoms with Crippen molar-refractivity contribution >= 4 is 67.9 Å². The van der Waals surface area contributed by atoms with Crippen molar-refractivity contribution in [2.75, 3.05) is 7.11 Å². The van der Waals surface area contributed by atoms with Crippen molar-refractivity contribution in [1.82, 2.24) is 15.0 Å². The first-order valence-corrected chi connectivity index (χ1v) is 8.61. The summed E-state index contributed by atoms with van der Waals surface area (Å²) in [4.78, 5) is 23.9. The zero-order chi connectivity index (χ0) is 16.6. The summed E-state index contributed by atoms with van der Waals surface area (Å²) in [5, 5.41) is 2.45. The topological polar surface area (TPSA) is 67.9 Å². The van der Waals surface area contributed by atoms with Crippen molar-refractivity contribution in [3.63, 3.8) is 0 Å². The monoisotopic (exact) mass is 431 g/mol. The third kappa shape index (κ3) is 3.19. The van der Waals surface area contributed by atoms with Crippen molar-refractivity contribution in [3.05, 3.63) is 44.7 Å². The van der Waals surface area contributed by atoms with E-state index in [9.17, 15) is 4.79 Å². The summed E-state index contributed by atoms with van der Waals surface area (Å²) in [5.74, 6) is -0.494. The van der Waals surface area contributed by atoms with Gasteiger partial charge in [0.2, 0.25) is 0 Å². The van der Waals surface area contributed by atoms with Crippen molar-refractivity contribution in [1.29, 1.82) is 0 Å². The highest BCUT2D eigenvalue weighted by molar-refractivity contribution is 9.10. The van der Waals surface area contributed by atoms with Crippen LogP contribution in [-0.4, -0.2) is 28.0 Å². The highest BCUT2D eigenvalue weighted by Gasteiger charge is 2.21. The number of fused-ring (bicyclic) bond motifs is 1. The molecule has 0 fully saturated rings. The number of nitrogens with one attached hydrogen (secondary N) is 1. The molecular weight excluding hydrogens is 425 g/mol. The second-order valence-corrected chi connectivity index (χ2v) is 7.05. The van der Waals surface area contributed by atoms with Gasteiger partial charge in [0.1, 0.15) is 22.7 Å². The highest BCUT2D eigenvalue weighted by atomic mass is 79.9. The number of H-pyrrole nitrogens is 1. The second-order valence-electron chi connectivity index (χ2n) is 4.38. The van der Waals surface area contributed by atoms with E-state index in [1.165, 1.54) is 25.2 Å². The van der Waals surface area contributed by atoms with Gasteiger partial charge in [-0.15, -0.1) is 0 Å². The van der Waals surface area contributed by atoms with E-state index >= 15 is 0 Å². The Morgan fingerprint density at radius 2 is 2.13 bits per heavy atom. The number of hydrogen-bond acceptors (Lipinski definition) is 5. The maximum atomic E-state index is 11.8. The summed E-state index contributed by atoms with van der Waals surface area (Å²) in [5.41, 5.74) is 0.801. The number of carbonyl (C=O) groups is 1. The Morgan fingerprint density at radius 3 is 2.87 bits per heavy atom. The van der Waals surface area contributed by atoms with Crippen LogP contribution in [0, 0.1) is 0 Å². The van der Waals surface area contributed by atoms with Crippen LogP contribution in [-0.2, 0) is 4.74 Å². The number of aromatic amines is 1. The zero-order valence-electron chi connectivity index (χ0n) is 11.6. The van der Waals surface area contributed by atoms with Gasteiger partial charge in [0.15, 0.2) is 0 Å². The van der Waals surface area contributed by atoms with E-state index in [-0.39, 0.29) is 5.69 Å². The van der Waals surface area contributed by atoms with E-state index in [1.807, 2.05) is 0 Å². The Kier molecular flexibility index (Phi) is 4.82. The Labute approximate surface area is 153 Å². The minimum atomic E-state index is -0.494. The number of halogens is 3. The molecule has 0 aliphatic heterocycles. The fraction of sp³-hybridized carbons (Fsp3) is 0.0714. The normalized spacial score (nSPS) is 11.0. The summed E-state index contributed by atoms with van der Waals surface area (Å²) in [6.07, 6.45) is 1.41. The first-order chi connectivity index (χ1) is 11.0. The molecule has 3 aromatic rings. The molecule has 0 saturated carbocycles. The molecule has 9 heteroatoms. The molecule has 0 spiro atoms. The molecule has 0 amide bonds. The van der Waals surface area contributed by atoms with Gasteiger partial charge in [-0.25, -0.2) is 14.8 Å². The van der Waals surface area contributed by atoms with Crippen molar-refractivity contribution < 1.29 is 9.53 Å². The summed E-state index contributed by atoms with van der Waals surface area (Å²) in [6.45, 7) is 0. The van der Waals surface area contributed by atoms with Crippen LogP contribution in [0.1, 0.15) is 10.5 Å². The van der Waals surface area contributed by atoms with Crippen molar-refractivity contribution in [2.45, 2.75) is 9.92 Å². The van der Waals surface area contributed by atoms with E-state index in [0.29, 0.717) is 30.6 Å². The van der Waals surface area contributed by atoms with E-state index in [0.717, 1.165) is 4.90 Å². The van der Waals surface area contributed by atoms with Gasteiger partial charge >= 0.3 is 5.97 Å². The molecule has 0 atom stereocenters. The summed E-state index contributed by atoms with van der Waals surface area (Å²) in [6, 6.07) is 5.19. The van der Waals surface area contributed by atoms with Gasteiger partial charge in [0.05, 0.1) is 22.0 Å². The number of esters is 1. The maximum absolute atomic E-state index is 11.8. The summed E-state index contributed by atoms with van der Waals surface area (Å²) >= 11 is 17.0. The minimum Gasteiger partial charge on any atom is -0.464 e. The fourth-order valence-corrected chi connectivity index (χ4v) is 4.14. The molecule has 2 heterocycles. The third-order valence-electron chi connectivity index (χ3n) is 2.98. The van der Waals surface area contributed by atoms with Crippen LogP contribution in [0.5, 0.6) is 0 Å². The number of aromatic nitrogens is 3. The van der Waals surface area contributed by atoms with Gasteiger partial charge in [0, 0.05) is 9.92 Å². The lowest BCUT2D eigenvalue weighted by atomic mass is 10.3. The number of ether oxygens (including phenoxy) is 1. The summed E-state index contributed by atoms with van der Waals surface area (Å²) in [7, 11) is 1.31. The molecule has 0 unspecified atom stereocenters. The van der Waals surface area contributed by atoms with Gasteiger partial charge in [-0.2, -0.15) is 0 Å². The predicted octanol–water partition coefficient (Wildman–Crippen LogP) is 4.97. The molecule has 3 rings (SSSR count). The minimum absolute atomic E-state index is 0.280. The largest absolute Gasteiger partial charge is 0.464 e. The molecule has 0 aliphatic rings. The molecular formula is C14H8BrCl2N3O2S. The number of methoxy groups -OCH3 is 1. The van der Waals surface area contributed by atoms with E-state index in [2.05, 4.69) is 30.9 Å². The smallest absolute Gasteiger partial charge is 0.355 e. The van der Waals surface area contributed by atoms with Gasteiger partial charge in [-0.05, 0) is 34.1 Å². The molecule has 23 heavy (non-hydrogen) atoms. The van der Waals surface area contributed by atoms with E-state index in [4.69, 9.17) is 27.9 Å². The standard InChI is InChI=1S/C14H8BrCl2N3O2S/c1-22-14(21)11-10(15)9-12(20-11)18-5-19-13(9)23-8-4-6(16)2-3-7(8)17/h2-5H,1H3,(H,18,19,20). The predicted molar refractivity (Wildman–Crippen MR) is 93.5 cm³/mol. The van der Waals surface area contributed by atoms with Gasteiger partial charge < -0.3 is 9.72 Å². The molecule has 0 aliphatic carbocycles. The molecule has 0 bridgehead atoms. The summed E-state index contributed by atoms with van der Waals surface area (Å²) < 4.78 is 5.29. The van der Waals surface area contributed by atoms with Crippen LogP contribution in [0.15, 0.2) is 38.9 Å². The number of carbonyl (C=O) groups excluding carboxylic acids is 1. The van der Waals surface area contributed by atoms with Crippen molar-refractivity contribution in [3.8, 4) is 0 Å². The molecule has 0 saturated heterocycles. The van der Waals surface area contributed by atoms with Crippen LogP contribution in [0.3, 0.4) is 0 Å². The maximum Gasteiger partial charge on any atom is 0.355 e. The molecule has 5 nitrogen and oxygen atoms in total. The first-order valence-electron chi connectivity index (χ1n) is 6.24. The molecule has 1 aromatic carbocycles. The van der Waals surface area contributed by atoms with Crippen LogP contribution in [0.4, 0.5) is 0 Å². The Bertz CT molecular complexity index is 916. The quantitative estimate of drug-likeness (QED) is 0.467. The molecule has 118 valence electrons. The highest BCUT2D eigenvalue weighted by Crippen LogP contribution is 2.40. The van der Waals surface area contributed by atoms with Crippen LogP contribution in [0.25, 0.3) is 11.0 Å². The first kappa shape index (κ1) is 16.6. The second kappa shape index (κ2) is 6.68. The number of benzene rings is 1. The van der Waals surface area contributed by atoms with E-state index in [1.54, 1.807) is 18.2 Å². The van der Waals surface area contributed by atoms with Crippen LogP contribution >= 0.6 is 50.9 Å². The molecule has 0 radical (unpaired) electrons. The van der Waals surface area contributed by atoms with Gasteiger partial charge in [0.25, 0.3) is 0 Å². The number of rotatable bonds is 3. The van der Waals surface area contributed by atoms with Gasteiger partial charge in [-0.3, -0.25) is 0 Å². The zero-order valence-corrected chi connectivity index (χ0v) is 15.5. The van der Waals surface area contributed by atoms with E-state index < -0.39 is 5.97 Å². The molecule has 2 aromatic heterocycles. The lowest BCUT2D eigenvalue weighted by molar-refractivity contribution is 0.0594.